The molecule has 0 spiro atoms. The Morgan fingerprint density at radius 1 is 1.50 bits per heavy atom. The second-order valence-electron chi connectivity index (χ2n) is 3.28. The van der Waals surface area contributed by atoms with Crippen molar-refractivity contribution in [3.63, 3.8) is 0 Å². The van der Waals surface area contributed by atoms with Crippen LogP contribution >= 0.6 is 27.3 Å². The van der Waals surface area contributed by atoms with Crippen molar-refractivity contribution in [3.05, 3.63) is 38.9 Å². The zero-order valence-corrected chi connectivity index (χ0v) is 11.0. The number of thiazole rings is 1. The first-order valence-corrected chi connectivity index (χ1v) is 6.42. The van der Waals surface area contributed by atoms with Crippen molar-refractivity contribution >= 4 is 27.3 Å². The van der Waals surface area contributed by atoms with Gasteiger partial charge >= 0.3 is 0 Å². The van der Waals surface area contributed by atoms with Crippen molar-refractivity contribution < 1.29 is 4.39 Å². The maximum atomic E-state index is 12.9. The van der Waals surface area contributed by atoms with Gasteiger partial charge in [0.05, 0.1) is 5.69 Å². The molecule has 0 aliphatic carbocycles. The highest BCUT2D eigenvalue weighted by molar-refractivity contribution is 9.10. The fraction of sp³-hybridized carbons (Fsp3) is 0.182. The summed E-state index contributed by atoms with van der Waals surface area (Å²) in [5, 5.41) is 6.05. The van der Waals surface area contributed by atoms with Crippen molar-refractivity contribution in [3.8, 4) is 11.3 Å². The summed E-state index contributed by atoms with van der Waals surface area (Å²) in [6, 6.07) is 4.63. The lowest BCUT2D eigenvalue weighted by atomic mass is 10.2. The predicted molar refractivity (Wildman–Crippen MR) is 68.0 cm³/mol. The Labute approximate surface area is 106 Å². The van der Waals surface area contributed by atoms with Gasteiger partial charge in [-0.25, -0.2) is 9.37 Å². The molecule has 1 aromatic carbocycles. The van der Waals surface area contributed by atoms with Crippen LogP contribution in [-0.4, -0.2) is 12.0 Å². The van der Waals surface area contributed by atoms with Gasteiger partial charge in [0.15, 0.2) is 0 Å². The molecule has 84 valence electrons. The summed E-state index contributed by atoms with van der Waals surface area (Å²) in [6.45, 7) is 0.753. The van der Waals surface area contributed by atoms with E-state index in [1.807, 2.05) is 12.4 Å². The quantitative estimate of drug-likeness (QED) is 0.939. The molecule has 5 heteroatoms. The Morgan fingerprint density at radius 2 is 2.31 bits per heavy atom. The molecular weight excluding hydrogens is 291 g/mol. The molecule has 0 aliphatic rings. The molecule has 0 radical (unpaired) electrons. The van der Waals surface area contributed by atoms with E-state index in [4.69, 9.17) is 0 Å². The largest absolute Gasteiger partial charge is 0.314 e. The number of hydrogen-bond acceptors (Lipinski definition) is 3. The minimum atomic E-state index is -0.249. The topological polar surface area (TPSA) is 24.9 Å². The minimum absolute atomic E-state index is 0.249. The number of aromatic nitrogens is 1. The van der Waals surface area contributed by atoms with Gasteiger partial charge in [-0.05, 0) is 41.2 Å². The highest BCUT2D eigenvalue weighted by Crippen LogP contribution is 2.29. The van der Waals surface area contributed by atoms with Gasteiger partial charge in [0.2, 0.25) is 0 Å². The first kappa shape index (κ1) is 11.7. The Morgan fingerprint density at radius 3 is 3.00 bits per heavy atom. The third-order valence-electron chi connectivity index (χ3n) is 2.09. The zero-order valence-electron chi connectivity index (χ0n) is 8.63. The Kier molecular flexibility index (Phi) is 3.68. The minimum Gasteiger partial charge on any atom is -0.314 e. The van der Waals surface area contributed by atoms with Crippen LogP contribution in [0.15, 0.2) is 28.1 Å². The van der Waals surface area contributed by atoms with E-state index < -0.39 is 0 Å². The first-order valence-electron chi connectivity index (χ1n) is 4.75. The molecule has 0 amide bonds. The Balaban J connectivity index is 2.35. The monoisotopic (exact) mass is 300 g/mol. The van der Waals surface area contributed by atoms with E-state index >= 15 is 0 Å². The van der Waals surface area contributed by atoms with E-state index in [0.29, 0.717) is 0 Å². The highest BCUT2D eigenvalue weighted by Gasteiger charge is 2.08. The van der Waals surface area contributed by atoms with E-state index in [9.17, 15) is 4.39 Å². The van der Waals surface area contributed by atoms with Crippen molar-refractivity contribution in [2.75, 3.05) is 7.05 Å². The summed E-state index contributed by atoms with van der Waals surface area (Å²) in [4.78, 5) is 4.46. The van der Waals surface area contributed by atoms with Gasteiger partial charge in [-0.1, -0.05) is 0 Å². The lowest BCUT2D eigenvalue weighted by Gasteiger charge is -2.00. The van der Waals surface area contributed by atoms with Crippen molar-refractivity contribution in [2.45, 2.75) is 6.54 Å². The molecule has 0 atom stereocenters. The van der Waals surface area contributed by atoms with Crippen LogP contribution in [0.3, 0.4) is 0 Å². The van der Waals surface area contributed by atoms with E-state index in [2.05, 4.69) is 26.2 Å². The predicted octanol–water partition coefficient (Wildman–Crippen LogP) is 3.43. The average molecular weight is 301 g/mol. The molecule has 1 aromatic heterocycles. The lowest BCUT2D eigenvalue weighted by Crippen LogP contribution is -2.04. The summed E-state index contributed by atoms with van der Waals surface area (Å²) in [7, 11) is 1.88. The summed E-state index contributed by atoms with van der Waals surface area (Å²) < 4.78 is 13.7. The van der Waals surface area contributed by atoms with Crippen LogP contribution in [0, 0.1) is 5.82 Å². The van der Waals surface area contributed by atoms with Gasteiger partial charge in [0.1, 0.15) is 10.8 Å². The molecule has 0 saturated heterocycles. The summed E-state index contributed by atoms with van der Waals surface area (Å²) >= 11 is 4.93. The molecule has 1 heterocycles. The van der Waals surface area contributed by atoms with E-state index in [-0.39, 0.29) is 5.82 Å². The number of benzene rings is 1. The number of rotatable bonds is 3. The maximum Gasteiger partial charge on any atom is 0.124 e. The van der Waals surface area contributed by atoms with Gasteiger partial charge in [0.25, 0.3) is 0 Å². The molecule has 0 fully saturated rings. The van der Waals surface area contributed by atoms with Crippen molar-refractivity contribution in [1.82, 2.24) is 10.3 Å². The molecule has 0 saturated carbocycles. The van der Waals surface area contributed by atoms with Gasteiger partial charge in [-0.2, -0.15) is 0 Å². The maximum absolute atomic E-state index is 12.9. The number of nitrogens with zero attached hydrogens (tertiary/aromatic N) is 1. The second kappa shape index (κ2) is 5.03. The molecule has 0 bridgehead atoms. The van der Waals surface area contributed by atoms with Crippen molar-refractivity contribution in [1.29, 1.82) is 0 Å². The fourth-order valence-electron chi connectivity index (χ4n) is 1.36. The first-order chi connectivity index (χ1) is 7.70. The summed E-state index contributed by atoms with van der Waals surface area (Å²) in [5.41, 5.74) is 1.79. The van der Waals surface area contributed by atoms with E-state index in [1.54, 1.807) is 17.4 Å². The van der Waals surface area contributed by atoms with Crippen LogP contribution in [0.4, 0.5) is 4.39 Å². The third kappa shape index (κ3) is 2.48. The summed E-state index contributed by atoms with van der Waals surface area (Å²) in [6.07, 6.45) is 0. The van der Waals surface area contributed by atoms with Gasteiger partial charge < -0.3 is 5.32 Å². The number of halogens is 2. The summed E-state index contributed by atoms with van der Waals surface area (Å²) in [5.74, 6) is -0.249. The molecule has 2 aromatic rings. The molecule has 2 rings (SSSR count). The third-order valence-corrected chi connectivity index (χ3v) is 3.59. The molecule has 1 N–H and O–H groups in total. The smallest absolute Gasteiger partial charge is 0.124 e. The van der Waals surface area contributed by atoms with Crippen LogP contribution in [0.5, 0.6) is 0 Å². The van der Waals surface area contributed by atoms with Gasteiger partial charge in [0, 0.05) is 22.0 Å². The van der Waals surface area contributed by atoms with Gasteiger partial charge in [-0.3, -0.25) is 0 Å². The Bertz CT molecular complexity index is 498. The van der Waals surface area contributed by atoms with E-state index in [1.165, 1.54) is 12.1 Å². The average Bonchev–Trinajstić information content (AvgIpc) is 2.67. The van der Waals surface area contributed by atoms with Crippen LogP contribution in [0.25, 0.3) is 11.3 Å². The lowest BCUT2D eigenvalue weighted by molar-refractivity contribution is 0.627. The van der Waals surface area contributed by atoms with Gasteiger partial charge in [-0.15, -0.1) is 11.3 Å². The zero-order chi connectivity index (χ0) is 11.5. The Hall–Kier alpha value is -0.780. The number of hydrogen-bond donors (Lipinski definition) is 1. The fourth-order valence-corrected chi connectivity index (χ4v) is 2.72. The normalized spacial score (nSPS) is 10.7. The van der Waals surface area contributed by atoms with Crippen LogP contribution in [0.2, 0.25) is 0 Å². The SMILES string of the molecule is CNCc1nc(-c2ccc(F)cc2Br)cs1. The van der Waals surface area contributed by atoms with Crippen molar-refractivity contribution in [2.24, 2.45) is 0 Å². The van der Waals surface area contributed by atoms with Crippen LogP contribution in [0.1, 0.15) is 5.01 Å². The second-order valence-corrected chi connectivity index (χ2v) is 5.08. The standard InChI is InChI=1S/C11H10BrFN2S/c1-14-5-11-15-10(6-16-11)8-3-2-7(13)4-9(8)12/h2-4,6,14H,5H2,1H3. The molecular formula is C11H10BrFN2S. The molecule has 0 unspecified atom stereocenters. The van der Waals surface area contributed by atoms with Crippen LogP contribution < -0.4 is 5.32 Å². The molecule has 16 heavy (non-hydrogen) atoms. The molecule has 0 aliphatic heterocycles. The van der Waals surface area contributed by atoms with Crippen LogP contribution in [-0.2, 0) is 6.54 Å². The molecule has 2 nitrogen and oxygen atoms in total. The van der Waals surface area contributed by atoms with E-state index in [0.717, 1.165) is 27.3 Å². The highest BCUT2D eigenvalue weighted by atomic mass is 79.9. The number of nitrogens with one attached hydrogen (secondary N) is 1.